The molecule has 0 aromatic rings. The molecule has 1 N–H and O–H groups in total. The molecule has 0 bridgehead atoms. The molecule has 11 heteroatoms. The molecule has 0 aliphatic carbocycles. The number of piperazine rings is 1. The van der Waals surface area contributed by atoms with Crippen molar-refractivity contribution in [3.8, 4) is 0 Å². The van der Waals surface area contributed by atoms with Crippen LogP contribution in [-0.4, -0.2) is 118 Å². The Balaban J connectivity index is 0.00000341. The molecule has 9 nitrogen and oxygen atoms in total. The summed E-state index contributed by atoms with van der Waals surface area (Å²) in [7, 11) is -1.27. The van der Waals surface area contributed by atoms with Crippen molar-refractivity contribution in [2.24, 2.45) is 10.9 Å². The van der Waals surface area contributed by atoms with E-state index < -0.39 is 10.0 Å². The SMILES string of the molecule is CN=C(NCC1CCN(S(C)(=O)=O)CC1)N1CCN(C(C)C(=O)N2CCCC2)CC1.I. The van der Waals surface area contributed by atoms with Crippen LogP contribution in [0.4, 0.5) is 0 Å². The van der Waals surface area contributed by atoms with Crippen LogP contribution in [0, 0.1) is 5.92 Å². The smallest absolute Gasteiger partial charge is 0.239 e. The maximum absolute atomic E-state index is 12.7. The second kappa shape index (κ2) is 12.0. The van der Waals surface area contributed by atoms with Gasteiger partial charge in [0.05, 0.1) is 12.3 Å². The van der Waals surface area contributed by atoms with Crippen molar-refractivity contribution >= 4 is 45.9 Å². The molecule has 0 saturated carbocycles. The van der Waals surface area contributed by atoms with E-state index in [1.165, 1.54) is 6.26 Å². The first kappa shape index (κ1) is 26.6. The number of hydrogen-bond acceptors (Lipinski definition) is 5. The molecule has 3 aliphatic rings. The predicted octanol–water partition coefficient (Wildman–Crippen LogP) is 0.480. The fraction of sp³-hybridized carbons (Fsp3) is 0.900. The molecule has 0 spiro atoms. The minimum atomic E-state index is -3.08. The second-order valence-corrected chi connectivity index (χ2v) is 10.7. The topological polar surface area (TPSA) is 88.6 Å². The lowest BCUT2D eigenvalue weighted by Gasteiger charge is -2.40. The van der Waals surface area contributed by atoms with Crippen molar-refractivity contribution in [2.75, 3.05) is 72.2 Å². The Hall–Kier alpha value is -0.660. The van der Waals surface area contributed by atoms with Gasteiger partial charge in [0.2, 0.25) is 15.9 Å². The molecule has 3 fully saturated rings. The highest BCUT2D eigenvalue weighted by Crippen LogP contribution is 2.19. The molecule has 180 valence electrons. The van der Waals surface area contributed by atoms with Crippen LogP contribution in [-0.2, 0) is 14.8 Å². The minimum absolute atomic E-state index is 0. The standard InChI is InChI=1S/C20H38N6O3S.HI/c1-17(19(27)24-8-4-5-9-24)23-12-14-25(15-13-23)20(21-2)22-16-18-6-10-26(11-7-18)30(3,28)29;/h17-18H,4-16H2,1-3H3,(H,21,22);1H. The molecular formula is C20H39IN6O3S. The monoisotopic (exact) mass is 570 g/mol. The van der Waals surface area contributed by atoms with Gasteiger partial charge in [-0.05, 0) is 38.5 Å². The molecule has 3 aliphatic heterocycles. The van der Waals surface area contributed by atoms with Crippen LogP contribution in [0.5, 0.6) is 0 Å². The van der Waals surface area contributed by atoms with Crippen LogP contribution in [0.1, 0.15) is 32.6 Å². The lowest BCUT2D eigenvalue weighted by molar-refractivity contribution is -0.135. The lowest BCUT2D eigenvalue weighted by Crippen LogP contribution is -2.57. The van der Waals surface area contributed by atoms with Gasteiger partial charge in [-0.25, -0.2) is 12.7 Å². The van der Waals surface area contributed by atoms with E-state index in [0.717, 1.165) is 77.5 Å². The van der Waals surface area contributed by atoms with Gasteiger partial charge in [-0.15, -0.1) is 24.0 Å². The first-order valence-electron chi connectivity index (χ1n) is 11.2. The number of rotatable bonds is 5. The molecule has 1 atom stereocenters. The highest BCUT2D eigenvalue weighted by molar-refractivity contribution is 14.0. The van der Waals surface area contributed by atoms with Crippen LogP contribution >= 0.6 is 24.0 Å². The van der Waals surface area contributed by atoms with Crippen molar-refractivity contribution in [3.63, 3.8) is 0 Å². The van der Waals surface area contributed by atoms with Gasteiger partial charge in [0.15, 0.2) is 5.96 Å². The Morgan fingerprint density at radius 3 is 2.10 bits per heavy atom. The fourth-order valence-electron chi connectivity index (χ4n) is 4.69. The first-order valence-corrected chi connectivity index (χ1v) is 13.1. The molecule has 3 heterocycles. The van der Waals surface area contributed by atoms with E-state index in [1.54, 1.807) is 11.4 Å². The molecule has 31 heavy (non-hydrogen) atoms. The van der Waals surface area contributed by atoms with Crippen LogP contribution in [0.15, 0.2) is 4.99 Å². The number of amides is 1. The molecule has 0 radical (unpaired) electrons. The van der Waals surface area contributed by atoms with Crippen molar-refractivity contribution in [1.29, 1.82) is 0 Å². The van der Waals surface area contributed by atoms with Crippen molar-refractivity contribution < 1.29 is 13.2 Å². The maximum Gasteiger partial charge on any atom is 0.239 e. The Kier molecular flexibility index (Phi) is 10.3. The Morgan fingerprint density at radius 1 is 1.00 bits per heavy atom. The molecule has 1 unspecified atom stereocenters. The zero-order valence-corrected chi connectivity index (χ0v) is 22.3. The van der Waals surface area contributed by atoms with Crippen molar-refractivity contribution in [2.45, 2.75) is 38.6 Å². The van der Waals surface area contributed by atoms with Gasteiger partial charge >= 0.3 is 0 Å². The van der Waals surface area contributed by atoms with Crippen LogP contribution in [0.3, 0.4) is 0 Å². The van der Waals surface area contributed by atoms with E-state index >= 15 is 0 Å². The van der Waals surface area contributed by atoms with Crippen LogP contribution in [0.25, 0.3) is 0 Å². The fourth-order valence-corrected chi connectivity index (χ4v) is 5.57. The van der Waals surface area contributed by atoms with E-state index in [4.69, 9.17) is 0 Å². The number of halogens is 1. The number of likely N-dealkylation sites (tertiary alicyclic amines) is 1. The minimum Gasteiger partial charge on any atom is -0.356 e. The highest BCUT2D eigenvalue weighted by atomic mass is 127. The quantitative estimate of drug-likeness (QED) is 0.294. The van der Waals surface area contributed by atoms with Gasteiger partial charge in [-0.3, -0.25) is 14.7 Å². The number of nitrogens with one attached hydrogen (secondary N) is 1. The van der Waals surface area contributed by atoms with Gasteiger partial charge in [0, 0.05) is 66.0 Å². The molecule has 1 amide bonds. The third kappa shape index (κ3) is 7.16. The number of nitrogens with zero attached hydrogens (tertiary/aromatic N) is 5. The summed E-state index contributed by atoms with van der Waals surface area (Å²) in [5.41, 5.74) is 0. The Labute approximate surface area is 204 Å². The van der Waals surface area contributed by atoms with Crippen LogP contribution in [0.2, 0.25) is 0 Å². The third-order valence-electron chi connectivity index (χ3n) is 6.74. The van der Waals surface area contributed by atoms with Gasteiger partial charge in [-0.1, -0.05) is 0 Å². The number of guanidine groups is 1. The highest BCUT2D eigenvalue weighted by Gasteiger charge is 2.31. The number of sulfonamides is 1. The second-order valence-electron chi connectivity index (χ2n) is 8.76. The number of carbonyl (C=O) groups is 1. The lowest BCUT2D eigenvalue weighted by atomic mass is 9.98. The van der Waals surface area contributed by atoms with E-state index in [-0.39, 0.29) is 35.9 Å². The largest absolute Gasteiger partial charge is 0.356 e. The summed E-state index contributed by atoms with van der Waals surface area (Å²) in [6.07, 6.45) is 5.29. The van der Waals surface area contributed by atoms with Gasteiger partial charge < -0.3 is 15.1 Å². The maximum atomic E-state index is 12.7. The van der Waals surface area contributed by atoms with Gasteiger partial charge in [-0.2, -0.15) is 0 Å². The number of hydrogen-bond donors (Lipinski definition) is 1. The average molecular weight is 571 g/mol. The molecule has 0 aromatic heterocycles. The van der Waals surface area contributed by atoms with Gasteiger partial charge in [0.25, 0.3) is 0 Å². The molecule has 3 saturated heterocycles. The summed E-state index contributed by atoms with van der Waals surface area (Å²) in [6.45, 7) is 9.28. The summed E-state index contributed by atoms with van der Waals surface area (Å²) in [5.74, 6) is 1.63. The molecule has 3 rings (SSSR count). The van der Waals surface area contributed by atoms with E-state index in [2.05, 4.69) is 20.1 Å². The Bertz CT molecular complexity index is 712. The number of carbonyl (C=O) groups excluding carboxylic acids is 1. The molecule has 0 aromatic carbocycles. The number of aliphatic imine (C=N–C) groups is 1. The average Bonchev–Trinajstić information content (AvgIpc) is 3.28. The zero-order chi connectivity index (χ0) is 21.7. The third-order valence-corrected chi connectivity index (χ3v) is 8.04. The number of piperidine rings is 1. The predicted molar refractivity (Wildman–Crippen MR) is 134 cm³/mol. The summed E-state index contributed by atoms with van der Waals surface area (Å²) >= 11 is 0. The summed E-state index contributed by atoms with van der Waals surface area (Å²) in [6, 6.07) is -0.0553. The van der Waals surface area contributed by atoms with Crippen molar-refractivity contribution in [1.82, 2.24) is 24.3 Å². The summed E-state index contributed by atoms with van der Waals surface area (Å²) in [4.78, 5) is 23.7. The van der Waals surface area contributed by atoms with E-state index in [1.807, 2.05) is 11.8 Å². The zero-order valence-electron chi connectivity index (χ0n) is 19.1. The molecular weight excluding hydrogens is 531 g/mol. The first-order chi connectivity index (χ1) is 14.3. The Morgan fingerprint density at radius 2 is 1.58 bits per heavy atom. The van der Waals surface area contributed by atoms with E-state index in [9.17, 15) is 13.2 Å². The van der Waals surface area contributed by atoms with Gasteiger partial charge in [0.1, 0.15) is 0 Å². The summed E-state index contributed by atoms with van der Waals surface area (Å²) < 4.78 is 24.9. The van der Waals surface area contributed by atoms with Crippen LogP contribution < -0.4 is 5.32 Å². The summed E-state index contributed by atoms with van der Waals surface area (Å²) in [5, 5.41) is 3.49. The van der Waals surface area contributed by atoms with Crippen molar-refractivity contribution in [3.05, 3.63) is 0 Å². The normalized spacial score (nSPS) is 23.5. The van der Waals surface area contributed by atoms with E-state index in [0.29, 0.717) is 19.0 Å².